The van der Waals surface area contributed by atoms with Crippen LogP contribution in [0.2, 0.25) is 0 Å². The van der Waals surface area contributed by atoms with Gasteiger partial charge in [0.05, 0.1) is 11.9 Å². The number of fused-ring (bicyclic) bond motifs is 1. The first-order chi connectivity index (χ1) is 5.40. The van der Waals surface area contributed by atoms with Crippen molar-refractivity contribution in [2.75, 3.05) is 12.4 Å². The number of aryl methyl sites for hydroxylation is 2. The number of aromatic nitrogens is 1. The van der Waals surface area contributed by atoms with Crippen LogP contribution in [0.1, 0.15) is 17.7 Å². The van der Waals surface area contributed by atoms with Crippen molar-refractivity contribution in [3.63, 3.8) is 0 Å². The van der Waals surface area contributed by atoms with Crippen LogP contribution in [0.3, 0.4) is 0 Å². The molecule has 0 saturated carbocycles. The molecule has 1 heterocycles. The topological polar surface area (TPSA) is 24.9 Å². The Morgan fingerprint density at radius 1 is 1.45 bits per heavy atom. The van der Waals surface area contributed by atoms with Crippen molar-refractivity contribution >= 4 is 5.69 Å². The van der Waals surface area contributed by atoms with Crippen LogP contribution >= 0.6 is 0 Å². The highest BCUT2D eigenvalue weighted by atomic mass is 14.8. The third-order valence-electron chi connectivity index (χ3n) is 2.21. The molecule has 0 amide bonds. The van der Waals surface area contributed by atoms with Crippen molar-refractivity contribution in [1.29, 1.82) is 0 Å². The standard InChI is InChI=1S/C9H12N2/c1-10-8-5-7-3-2-4-9(7)11-6-8/h5-6,10H,2-4H2,1H3. The zero-order valence-corrected chi connectivity index (χ0v) is 6.72. The molecular formula is C9H12N2. The minimum atomic E-state index is 1.13. The third kappa shape index (κ3) is 1.09. The van der Waals surface area contributed by atoms with Crippen LogP contribution in [0.4, 0.5) is 5.69 Å². The molecule has 0 aromatic carbocycles. The first kappa shape index (κ1) is 6.65. The van der Waals surface area contributed by atoms with Gasteiger partial charge in [0.1, 0.15) is 0 Å². The minimum Gasteiger partial charge on any atom is -0.387 e. The Kier molecular flexibility index (Phi) is 1.53. The van der Waals surface area contributed by atoms with Gasteiger partial charge in [-0.1, -0.05) is 0 Å². The third-order valence-corrected chi connectivity index (χ3v) is 2.21. The van der Waals surface area contributed by atoms with Gasteiger partial charge in [0, 0.05) is 12.7 Å². The smallest absolute Gasteiger partial charge is 0.0527 e. The SMILES string of the molecule is CNc1cnc2c(c1)CCC2. The lowest BCUT2D eigenvalue weighted by Gasteiger charge is -2.01. The Morgan fingerprint density at radius 3 is 3.18 bits per heavy atom. The molecule has 2 nitrogen and oxygen atoms in total. The van der Waals surface area contributed by atoms with Crippen molar-refractivity contribution in [1.82, 2.24) is 4.98 Å². The zero-order chi connectivity index (χ0) is 7.68. The molecule has 0 bridgehead atoms. The number of hydrogen-bond acceptors (Lipinski definition) is 2. The van der Waals surface area contributed by atoms with Gasteiger partial charge in [0.2, 0.25) is 0 Å². The summed E-state index contributed by atoms with van der Waals surface area (Å²) in [5.41, 5.74) is 3.85. The second-order valence-corrected chi connectivity index (χ2v) is 2.93. The molecule has 11 heavy (non-hydrogen) atoms. The molecule has 0 spiro atoms. The fourth-order valence-electron chi connectivity index (χ4n) is 1.56. The van der Waals surface area contributed by atoms with E-state index < -0.39 is 0 Å². The molecule has 0 radical (unpaired) electrons. The second-order valence-electron chi connectivity index (χ2n) is 2.93. The van der Waals surface area contributed by atoms with Gasteiger partial charge in [0.15, 0.2) is 0 Å². The molecule has 1 aromatic heterocycles. The molecule has 0 fully saturated rings. The Bertz CT molecular complexity index is 268. The summed E-state index contributed by atoms with van der Waals surface area (Å²) in [5.74, 6) is 0. The summed E-state index contributed by atoms with van der Waals surface area (Å²) in [7, 11) is 1.93. The largest absolute Gasteiger partial charge is 0.387 e. The van der Waals surface area contributed by atoms with Crippen LogP contribution in [0.15, 0.2) is 12.3 Å². The van der Waals surface area contributed by atoms with Crippen molar-refractivity contribution in [3.8, 4) is 0 Å². The summed E-state index contributed by atoms with van der Waals surface area (Å²) in [5, 5.41) is 3.09. The van der Waals surface area contributed by atoms with E-state index in [0.717, 1.165) is 5.69 Å². The number of nitrogens with zero attached hydrogens (tertiary/aromatic N) is 1. The highest BCUT2D eigenvalue weighted by Gasteiger charge is 2.11. The monoisotopic (exact) mass is 148 g/mol. The maximum atomic E-state index is 4.37. The van der Waals surface area contributed by atoms with Crippen LogP contribution in [-0.2, 0) is 12.8 Å². The molecule has 1 N–H and O–H groups in total. The lowest BCUT2D eigenvalue weighted by atomic mass is 10.2. The summed E-state index contributed by atoms with van der Waals surface area (Å²) in [6, 6.07) is 2.20. The lowest BCUT2D eigenvalue weighted by Crippen LogP contribution is -1.93. The predicted molar refractivity (Wildman–Crippen MR) is 45.8 cm³/mol. The van der Waals surface area contributed by atoms with E-state index in [9.17, 15) is 0 Å². The molecule has 2 rings (SSSR count). The van der Waals surface area contributed by atoms with Crippen LogP contribution < -0.4 is 5.32 Å². The molecular weight excluding hydrogens is 136 g/mol. The fourth-order valence-corrected chi connectivity index (χ4v) is 1.56. The maximum Gasteiger partial charge on any atom is 0.0527 e. The fraction of sp³-hybridized carbons (Fsp3) is 0.444. The van der Waals surface area contributed by atoms with Gasteiger partial charge >= 0.3 is 0 Å². The normalized spacial score (nSPS) is 14.6. The van der Waals surface area contributed by atoms with E-state index in [1.165, 1.54) is 30.5 Å². The Hall–Kier alpha value is -1.05. The molecule has 2 heteroatoms. The van der Waals surface area contributed by atoms with Gasteiger partial charge in [-0.2, -0.15) is 0 Å². The van der Waals surface area contributed by atoms with Crippen molar-refractivity contribution in [2.45, 2.75) is 19.3 Å². The van der Waals surface area contributed by atoms with E-state index in [4.69, 9.17) is 0 Å². The van der Waals surface area contributed by atoms with Crippen LogP contribution in [0.5, 0.6) is 0 Å². The number of anilines is 1. The molecule has 0 atom stereocenters. The van der Waals surface area contributed by atoms with E-state index in [0.29, 0.717) is 0 Å². The number of nitrogens with one attached hydrogen (secondary N) is 1. The van der Waals surface area contributed by atoms with Crippen molar-refractivity contribution in [2.24, 2.45) is 0 Å². The summed E-state index contributed by atoms with van der Waals surface area (Å²) >= 11 is 0. The van der Waals surface area contributed by atoms with E-state index in [1.54, 1.807) is 0 Å². The van der Waals surface area contributed by atoms with Crippen LogP contribution in [0.25, 0.3) is 0 Å². The molecule has 0 saturated heterocycles. The quantitative estimate of drug-likeness (QED) is 0.654. The Balaban J connectivity index is 2.41. The lowest BCUT2D eigenvalue weighted by molar-refractivity contribution is 0.899. The number of hydrogen-bond donors (Lipinski definition) is 1. The van der Waals surface area contributed by atoms with Gasteiger partial charge in [-0.3, -0.25) is 4.98 Å². The number of rotatable bonds is 1. The van der Waals surface area contributed by atoms with Gasteiger partial charge in [0.25, 0.3) is 0 Å². The van der Waals surface area contributed by atoms with Gasteiger partial charge in [-0.05, 0) is 30.9 Å². The first-order valence-electron chi connectivity index (χ1n) is 4.05. The highest BCUT2D eigenvalue weighted by Crippen LogP contribution is 2.21. The van der Waals surface area contributed by atoms with Crippen LogP contribution in [-0.4, -0.2) is 12.0 Å². The molecule has 1 aromatic rings. The van der Waals surface area contributed by atoms with Gasteiger partial charge in [-0.15, -0.1) is 0 Å². The van der Waals surface area contributed by atoms with Gasteiger partial charge < -0.3 is 5.32 Å². The molecule has 0 aliphatic heterocycles. The molecule has 0 unspecified atom stereocenters. The Morgan fingerprint density at radius 2 is 2.36 bits per heavy atom. The summed E-state index contributed by atoms with van der Waals surface area (Å²) in [6.45, 7) is 0. The Labute approximate surface area is 66.7 Å². The second kappa shape index (κ2) is 2.53. The molecule has 58 valence electrons. The minimum absolute atomic E-state index is 1.13. The van der Waals surface area contributed by atoms with E-state index in [-0.39, 0.29) is 0 Å². The molecule has 1 aliphatic carbocycles. The predicted octanol–water partition coefficient (Wildman–Crippen LogP) is 1.61. The van der Waals surface area contributed by atoms with E-state index >= 15 is 0 Å². The zero-order valence-electron chi connectivity index (χ0n) is 6.72. The highest BCUT2D eigenvalue weighted by molar-refractivity contribution is 5.45. The first-order valence-corrected chi connectivity index (χ1v) is 4.05. The number of pyridine rings is 1. The average molecular weight is 148 g/mol. The average Bonchev–Trinajstić information content (AvgIpc) is 2.50. The van der Waals surface area contributed by atoms with E-state index in [2.05, 4.69) is 16.4 Å². The van der Waals surface area contributed by atoms with Crippen molar-refractivity contribution in [3.05, 3.63) is 23.5 Å². The van der Waals surface area contributed by atoms with E-state index in [1.807, 2.05) is 13.2 Å². The van der Waals surface area contributed by atoms with Gasteiger partial charge in [-0.25, -0.2) is 0 Å². The summed E-state index contributed by atoms with van der Waals surface area (Å²) < 4.78 is 0. The summed E-state index contributed by atoms with van der Waals surface area (Å²) in [6.07, 6.45) is 5.55. The molecule has 1 aliphatic rings. The maximum absolute atomic E-state index is 4.37. The van der Waals surface area contributed by atoms with Crippen molar-refractivity contribution < 1.29 is 0 Å². The van der Waals surface area contributed by atoms with Crippen LogP contribution in [0, 0.1) is 0 Å². The summed E-state index contributed by atoms with van der Waals surface area (Å²) in [4.78, 5) is 4.37.